The summed E-state index contributed by atoms with van der Waals surface area (Å²) >= 11 is 7.42. The van der Waals surface area contributed by atoms with Crippen molar-refractivity contribution in [3.05, 3.63) is 64.3 Å². The Labute approximate surface area is 113 Å². The van der Waals surface area contributed by atoms with Crippen LogP contribution >= 0.6 is 22.9 Å². The first-order chi connectivity index (χ1) is 8.75. The Morgan fingerprint density at radius 1 is 1.17 bits per heavy atom. The maximum absolute atomic E-state index is 10.4. The second kappa shape index (κ2) is 4.69. The van der Waals surface area contributed by atoms with E-state index in [4.69, 9.17) is 11.6 Å². The molecule has 1 N–H and O–H groups in total. The van der Waals surface area contributed by atoms with Gasteiger partial charge in [0.05, 0.1) is 10.7 Å². The van der Waals surface area contributed by atoms with Gasteiger partial charge >= 0.3 is 0 Å². The number of benzene rings is 1. The van der Waals surface area contributed by atoms with E-state index in [-0.39, 0.29) is 0 Å². The van der Waals surface area contributed by atoms with Gasteiger partial charge in [0, 0.05) is 16.5 Å². The molecule has 0 saturated heterocycles. The van der Waals surface area contributed by atoms with Crippen LogP contribution < -0.4 is 0 Å². The molecule has 4 heteroatoms. The normalized spacial score (nSPS) is 12.8. The minimum atomic E-state index is -0.718. The van der Waals surface area contributed by atoms with E-state index < -0.39 is 6.10 Å². The van der Waals surface area contributed by atoms with E-state index in [0.29, 0.717) is 10.7 Å². The molecule has 0 bridgehead atoms. The summed E-state index contributed by atoms with van der Waals surface area (Å²) in [6.45, 7) is 0. The zero-order valence-electron chi connectivity index (χ0n) is 9.38. The molecule has 0 radical (unpaired) electrons. The van der Waals surface area contributed by atoms with Gasteiger partial charge in [-0.25, -0.2) is 0 Å². The Hall–Kier alpha value is -1.42. The molecule has 0 fully saturated rings. The van der Waals surface area contributed by atoms with Gasteiger partial charge in [0.2, 0.25) is 0 Å². The summed E-state index contributed by atoms with van der Waals surface area (Å²) in [7, 11) is 0. The molecular formula is C14H10ClNOS. The number of pyridine rings is 1. The maximum Gasteiger partial charge on any atom is 0.122 e. The summed E-state index contributed by atoms with van der Waals surface area (Å²) in [6, 6.07) is 11.5. The van der Waals surface area contributed by atoms with E-state index >= 15 is 0 Å². The predicted octanol–water partition coefficient (Wildman–Crippen LogP) is 4.03. The molecule has 0 spiro atoms. The second-order valence-electron chi connectivity index (χ2n) is 3.99. The zero-order chi connectivity index (χ0) is 12.5. The fraction of sp³-hybridized carbons (Fsp3) is 0.0714. The molecule has 0 saturated carbocycles. The minimum absolute atomic E-state index is 0.570. The highest BCUT2D eigenvalue weighted by atomic mass is 35.5. The topological polar surface area (TPSA) is 33.1 Å². The fourth-order valence-electron chi connectivity index (χ4n) is 1.94. The highest BCUT2D eigenvalue weighted by molar-refractivity contribution is 7.17. The van der Waals surface area contributed by atoms with Gasteiger partial charge in [-0.3, -0.25) is 4.98 Å². The highest BCUT2D eigenvalue weighted by Gasteiger charge is 2.15. The fourth-order valence-corrected chi connectivity index (χ4v) is 2.99. The molecule has 3 aromatic rings. The highest BCUT2D eigenvalue weighted by Crippen LogP contribution is 2.31. The first kappa shape index (κ1) is 11.7. The third-order valence-corrected chi connectivity index (χ3v) is 4.04. The SMILES string of the molecule is OC(c1ccc(Cl)cn1)c1cccc2ccsc12. The Morgan fingerprint density at radius 2 is 2.06 bits per heavy atom. The smallest absolute Gasteiger partial charge is 0.122 e. The summed E-state index contributed by atoms with van der Waals surface area (Å²) < 4.78 is 1.10. The number of aliphatic hydroxyl groups excluding tert-OH is 1. The number of aliphatic hydroxyl groups is 1. The molecule has 0 aliphatic heterocycles. The van der Waals surface area contributed by atoms with Crippen LogP contribution in [0.25, 0.3) is 10.1 Å². The lowest BCUT2D eigenvalue weighted by Crippen LogP contribution is -2.01. The van der Waals surface area contributed by atoms with Crippen LogP contribution in [0.15, 0.2) is 48.0 Å². The molecule has 2 aromatic heterocycles. The third kappa shape index (κ3) is 2.01. The van der Waals surface area contributed by atoms with E-state index in [9.17, 15) is 5.11 Å². The number of hydrogen-bond donors (Lipinski definition) is 1. The summed E-state index contributed by atoms with van der Waals surface area (Å²) in [5.74, 6) is 0. The monoisotopic (exact) mass is 275 g/mol. The number of hydrogen-bond acceptors (Lipinski definition) is 3. The van der Waals surface area contributed by atoms with Crippen molar-refractivity contribution in [2.24, 2.45) is 0 Å². The van der Waals surface area contributed by atoms with Crippen molar-refractivity contribution in [1.82, 2.24) is 4.98 Å². The average molecular weight is 276 g/mol. The lowest BCUT2D eigenvalue weighted by Gasteiger charge is -2.11. The molecule has 2 heterocycles. The third-order valence-electron chi connectivity index (χ3n) is 2.83. The molecule has 0 aliphatic carbocycles. The quantitative estimate of drug-likeness (QED) is 0.766. The Bertz CT molecular complexity index is 678. The van der Waals surface area contributed by atoms with E-state index in [1.54, 1.807) is 29.7 Å². The number of fused-ring (bicyclic) bond motifs is 1. The molecule has 18 heavy (non-hydrogen) atoms. The predicted molar refractivity (Wildman–Crippen MR) is 75.1 cm³/mol. The van der Waals surface area contributed by atoms with E-state index in [1.165, 1.54) is 0 Å². The van der Waals surface area contributed by atoms with Gasteiger partial charge in [0.25, 0.3) is 0 Å². The summed E-state index contributed by atoms with van der Waals surface area (Å²) in [5.41, 5.74) is 1.50. The molecule has 3 rings (SSSR count). The van der Waals surface area contributed by atoms with Gasteiger partial charge in [0.1, 0.15) is 6.10 Å². The van der Waals surface area contributed by atoms with Crippen LogP contribution in [0.3, 0.4) is 0 Å². The van der Waals surface area contributed by atoms with Gasteiger partial charge in [-0.1, -0.05) is 29.8 Å². The summed E-state index contributed by atoms with van der Waals surface area (Å²) in [5, 5.41) is 14.1. The molecule has 2 nitrogen and oxygen atoms in total. The Morgan fingerprint density at radius 3 is 2.83 bits per heavy atom. The number of halogens is 1. The number of nitrogens with zero attached hydrogens (tertiary/aromatic N) is 1. The van der Waals surface area contributed by atoms with E-state index in [1.807, 2.05) is 29.6 Å². The van der Waals surface area contributed by atoms with Crippen molar-refractivity contribution in [1.29, 1.82) is 0 Å². The number of aromatic nitrogens is 1. The summed E-state index contributed by atoms with van der Waals surface area (Å²) in [4.78, 5) is 4.17. The van der Waals surface area contributed by atoms with Crippen molar-refractivity contribution in [3.8, 4) is 0 Å². The van der Waals surface area contributed by atoms with Crippen molar-refractivity contribution < 1.29 is 5.11 Å². The van der Waals surface area contributed by atoms with Crippen molar-refractivity contribution in [2.45, 2.75) is 6.10 Å². The van der Waals surface area contributed by atoms with Gasteiger partial charge < -0.3 is 5.11 Å². The van der Waals surface area contributed by atoms with Gasteiger partial charge in [0.15, 0.2) is 0 Å². The van der Waals surface area contributed by atoms with Crippen LogP contribution in [0.1, 0.15) is 17.4 Å². The second-order valence-corrected chi connectivity index (χ2v) is 5.34. The van der Waals surface area contributed by atoms with E-state index in [2.05, 4.69) is 4.98 Å². The van der Waals surface area contributed by atoms with Gasteiger partial charge in [-0.15, -0.1) is 11.3 Å². The van der Waals surface area contributed by atoms with Crippen molar-refractivity contribution >= 4 is 33.0 Å². The molecule has 0 aliphatic rings. The lowest BCUT2D eigenvalue weighted by molar-refractivity contribution is 0.217. The lowest BCUT2D eigenvalue weighted by atomic mass is 10.0. The van der Waals surface area contributed by atoms with Crippen LogP contribution in [0.4, 0.5) is 0 Å². The molecule has 0 amide bonds. The van der Waals surface area contributed by atoms with E-state index in [0.717, 1.165) is 15.6 Å². The first-order valence-corrected chi connectivity index (χ1v) is 6.77. The molecule has 1 atom stereocenters. The first-order valence-electron chi connectivity index (χ1n) is 5.51. The maximum atomic E-state index is 10.4. The van der Waals surface area contributed by atoms with Crippen molar-refractivity contribution in [2.75, 3.05) is 0 Å². The van der Waals surface area contributed by atoms with Gasteiger partial charge in [-0.2, -0.15) is 0 Å². The Kier molecular flexibility index (Phi) is 3.04. The zero-order valence-corrected chi connectivity index (χ0v) is 10.9. The van der Waals surface area contributed by atoms with Crippen molar-refractivity contribution in [3.63, 3.8) is 0 Å². The van der Waals surface area contributed by atoms with Crippen LogP contribution in [0, 0.1) is 0 Å². The number of thiophene rings is 1. The Balaban J connectivity index is 2.08. The van der Waals surface area contributed by atoms with Crippen LogP contribution in [0.2, 0.25) is 5.02 Å². The minimum Gasteiger partial charge on any atom is -0.382 e. The average Bonchev–Trinajstić information content (AvgIpc) is 2.87. The molecular weight excluding hydrogens is 266 g/mol. The summed E-state index contributed by atoms with van der Waals surface area (Å²) in [6.07, 6.45) is 0.832. The van der Waals surface area contributed by atoms with Crippen LogP contribution in [-0.4, -0.2) is 10.1 Å². The van der Waals surface area contributed by atoms with Crippen LogP contribution in [-0.2, 0) is 0 Å². The molecule has 1 aromatic carbocycles. The standard InChI is InChI=1S/C14H10ClNOS/c15-10-4-5-12(16-8-10)13(17)11-3-1-2-9-6-7-18-14(9)11/h1-8,13,17H. The molecule has 1 unspecified atom stereocenters. The largest absolute Gasteiger partial charge is 0.382 e. The number of rotatable bonds is 2. The van der Waals surface area contributed by atoms with Gasteiger partial charge in [-0.05, 0) is 29.0 Å². The van der Waals surface area contributed by atoms with Crippen LogP contribution in [0.5, 0.6) is 0 Å². The molecule has 90 valence electrons.